The molecule has 0 aliphatic rings. The number of aliphatic carboxylic acids is 1. The summed E-state index contributed by atoms with van der Waals surface area (Å²) in [6.45, 7) is 2.79. The van der Waals surface area contributed by atoms with Crippen LogP contribution >= 0.6 is 11.6 Å². The Kier molecular flexibility index (Phi) is 14.2. The van der Waals surface area contributed by atoms with Gasteiger partial charge in [-0.2, -0.15) is 0 Å². The lowest BCUT2D eigenvalue weighted by molar-refractivity contribution is -0.139. The van der Waals surface area contributed by atoms with E-state index in [0.29, 0.717) is 34.2 Å². The van der Waals surface area contributed by atoms with Crippen LogP contribution in [-0.2, 0) is 22.4 Å². The Hall–Kier alpha value is -5.35. The lowest BCUT2D eigenvalue weighted by Gasteiger charge is -2.16. The summed E-state index contributed by atoms with van der Waals surface area (Å²) in [7, 11) is 1.41. The molecule has 2 amide bonds. The van der Waals surface area contributed by atoms with Crippen LogP contribution in [0.2, 0.25) is 5.02 Å². The summed E-state index contributed by atoms with van der Waals surface area (Å²) in [4.78, 5) is 50.3. The number of anilines is 1. The maximum Gasteiger partial charge on any atom is 0.343 e. The quantitative estimate of drug-likeness (QED) is 0.0550. The van der Waals surface area contributed by atoms with Crippen molar-refractivity contribution in [2.75, 3.05) is 19.0 Å². The molecule has 4 aromatic carbocycles. The fraction of sp³-hybridized carbons (Fsp3) is 0.282. The lowest BCUT2D eigenvalue weighted by atomic mass is 10.0. The Labute approximate surface area is 296 Å². The fourth-order valence-corrected chi connectivity index (χ4v) is 5.17. The number of hydrogen-bond acceptors (Lipinski definition) is 7. The second kappa shape index (κ2) is 19.0. The number of esters is 1. The van der Waals surface area contributed by atoms with Crippen LogP contribution in [0.3, 0.4) is 0 Å². The number of rotatable bonds is 18. The molecule has 0 spiro atoms. The average molecular weight is 701 g/mol. The number of carbonyl (C=O) groups excluding carboxylic acids is 3. The second-order valence-electron chi connectivity index (χ2n) is 11.7. The zero-order chi connectivity index (χ0) is 35.9. The lowest BCUT2D eigenvalue weighted by Crippen LogP contribution is -2.42. The van der Waals surface area contributed by atoms with Gasteiger partial charge in [0.2, 0.25) is 5.91 Å². The first kappa shape index (κ1) is 37.5. The number of ether oxygens (including phenoxy) is 3. The smallest absolute Gasteiger partial charge is 0.343 e. The number of carboxylic acid groups (broad SMARTS) is 1. The van der Waals surface area contributed by atoms with Gasteiger partial charge in [-0.1, -0.05) is 62.4 Å². The molecule has 3 N–H and O–H groups in total. The van der Waals surface area contributed by atoms with Gasteiger partial charge in [0, 0.05) is 22.7 Å². The van der Waals surface area contributed by atoms with Crippen molar-refractivity contribution in [2.24, 2.45) is 0 Å². The number of amides is 2. The fourth-order valence-electron chi connectivity index (χ4n) is 5.04. The van der Waals surface area contributed by atoms with Crippen molar-refractivity contribution in [1.29, 1.82) is 0 Å². The van der Waals surface area contributed by atoms with E-state index in [-0.39, 0.29) is 35.8 Å². The molecule has 0 bridgehead atoms. The Morgan fingerprint density at radius 3 is 2.10 bits per heavy atom. The van der Waals surface area contributed by atoms with Crippen LogP contribution in [0.15, 0.2) is 91.0 Å². The van der Waals surface area contributed by atoms with Gasteiger partial charge in [-0.15, -0.1) is 0 Å². The molecule has 0 aliphatic heterocycles. The monoisotopic (exact) mass is 700 g/mol. The maximum absolute atomic E-state index is 12.9. The summed E-state index contributed by atoms with van der Waals surface area (Å²) in [5, 5.41) is 15.8. The summed E-state index contributed by atoms with van der Waals surface area (Å²) in [5.74, 6) is -1.61. The van der Waals surface area contributed by atoms with Crippen LogP contribution < -0.4 is 24.8 Å². The van der Waals surface area contributed by atoms with Crippen LogP contribution in [-0.4, -0.2) is 48.6 Å². The van der Waals surface area contributed by atoms with Crippen molar-refractivity contribution >= 4 is 41.0 Å². The number of unbranched alkanes of at least 4 members (excludes halogenated alkanes) is 4. The molecule has 4 aromatic rings. The van der Waals surface area contributed by atoms with E-state index in [0.717, 1.165) is 18.4 Å². The molecule has 0 saturated heterocycles. The van der Waals surface area contributed by atoms with Gasteiger partial charge in [0.25, 0.3) is 5.91 Å². The summed E-state index contributed by atoms with van der Waals surface area (Å²) < 4.78 is 16.8. The molecule has 0 aromatic heterocycles. The third-order valence-electron chi connectivity index (χ3n) is 7.79. The third kappa shape index (κ3) is 11.7. The molecule has 262 valence electrons. The normalized spacial score (nSPS) is 11.3. The van der Waals surface area contributed by atoms with Gasteiger partial charge in [0.15, 0.2) is 11.5 Å². The van der Waals surface area contributed by atoms with E-state index in [1.54, 1.807) is 72.8 Å². The van der Waals surface area contributed by atoms with E-state index in [4.69, 9.17) is 25.8 Å². The largest absolute Gasteiger partial charge is 0.494 e. The first-order valence-corrected chi connectivity index (χ1v) is 16.8. The third-order valence-corrected chi connectivity index (χ3v) is 8.04. The highest BCUT2D eigenvalue weighted by Gasteiger charge is 2.23. The Balaban J connectivity index is 1.30. The SMILES string of the molecule is CCCCCCCOc1ccc(C(=O)Oc2ccc(CC(NC(=O)c3ccc(NC(=O)Cc4ccc(Cl)cc4)cc3)C(=O)O)cc2OC)cc1. The molecule has 0 aliphatic carbocycles. The van der Waals surface area contributed by atoms with E-state index in [1.165, 1.54) is 44.6 Å². The number of methoxy groups -OCH3 is 1. The zero-order valence-electron chi connectivity index (χ0n) is 28.1. The van der Waals surface area contributed by atoms with Gasteiger partial charge < -0.3 is 30.0 Å². The highest BCUT2D eigenvalue weighted by Crippen LogP contribution is 2.30. The minimum atomic E-state index is -1.27. The molecule has 11 heteroatoms. The van der Waals surface area contributed by atoms with Crippen molar-refractivity contribution in [3.05, 3.63) is 118 Å². The van der Waals surface area contributed by atoms with Crippen molar-refractivity contribution in [3.8, 4) is 17.2 Å². The van der Waals surface area contributed by atoms with Crippen molar-refractivity contribution in [2.45, 2.75) is 57.9 Å². The van der Waals surface area contributed by atoms with E-state index < -0.39 is 23.9 Å². The minimum absolute atomic E-state index is 0.0649. The van der Waals surface area contributed by atoms with Gasteiger partial charge in [-0.3, -0.25) is 9.59 Å². The number of carbonyl (C=O) groups is 4. The van der Waals surface area contributed by atoms with Crippen LogP contribution in [0.4, 0.5) is 5.69 Å². The van der Waals surface area contributed by atoms with Crippen molar-refractivity contribution in [1.82, 2.24) is 5.32 Å². The molecular weight excluding hydrogens is 660 g/mol. The molecule has 0 saturated carbocycles. The molecule has 0 fully saturated rings. The van der Waals surface area contributed by atoms with Gasteiger partial charge >= 0.3 is 11.9 Å². The van der Waals surface area contributed by atoms with E-state index >= 15 is 0 Å². The highest BCUT2D eigenvalue weighted by molar-refractivity contribution is 6.30. The molecular formula is C39H41ClN2O8. The Morgan fingerprint density at radius 1 is 0.780 bits per heavy atom. The summed E-state index contributed by atoms with van der Waals surface area (Å²) >= 11 is 5.89. The number of hydrogen-bond donors (Lipinski definition) is 3. The predicted octanol–water partition coefficient (Wildman–Crippen LogP) is 7.52. The molecule has 0 heterocycles. The number of nitrogens with one attached hydrogen (secondary N) is 2. The molecule has 1 atom stereocenters. The topological polar surface area (TPSA) is 140 Å². The van der Waals surface area contributed by atoms with Crippen LogP contribution in [0, 0.1) is 0 Å². The molecule has 0 radical (unpaired) electrons. The molecule has 10 nitrogen and oxygen atoms in total. The van der Waals surface area contributed by atoms with Crippen molar-refractivity contribution < 1.29 is 38.5 Å². The number of halogens is 1. The zero-order valence-corrected chi connectivity index (χ0v) is 28.8. The molecule has 4 rings (SSSR count). The first-order valence-electron chi connectivity index (χ1n) is 16.4. The number of benzene rings is 4. The Bertz CT molecular complexity index is 1740. The molecule has 1 unspecified atom stereocenters. The Morgan fingerprint density at radius 2 is 1.44 bits per heavy atom. The van der Waals surface area contributed by atoms with Gasteiger partial charge in [-0.25, -0.2) is 9.59 Å². The highest BCUT2D eigenvalue weighted by atomic mass is 35.5. The average Bonchev–Trinajstić information content (AvgIpc) is 3.11. The standard InChI is InChI=1S/C39H41ClN2O8/c1-3-4-5-6-7-22-49-32-19-13-29(14-20-32)39(47)50-34-21-10-27(24-35(34)48-2)23-33(38(45)46)42-37(44)28-11-17-31(18-12-28)41-36(43)25-26-8-15-30(40)16-9-26/h8-21,24,33H,3-7,22-23,25H2,1-2H3,(H,41,43)(H,42,44)(H,45,46). The summed E-state index contributed by atoms with van der Waals surface area (Å²) in [6.07, 6.45) is 5.79. The van der Waals surface area contributed by atoms with E-state index in [1.807, 2.05) is 0 Å². The maximum atomic E-state index is 12.9. The molecule has 50 heavy (non-hydrogen) atoms. The first-order chi connectivity index (χ1) is 24.1. The number of carboxylic acids is 1. The second-order valence-corrected chi connectivity index (χ2v) is 12.1. The van der Waals surface area contributed by atoms with Crippen LogP contribution in [0.1, 0.15) is 70.9 Å². The van der Waals surface area contributed by atoms with Crippen molar-refractivity contribution in [3.63, 3.8) is 0 Å². The summed E-state index contributed by atoms with van der Waals surface area (Å²) in [5.41, 5.74) is 2.36. The van der Waals surface area contributed by atoms with E-state index in [9.17, 15) is 24.3 Å². The predicted molar refractivity (Wildman–Crippen MR) is 191 cm³/mol. The van der Waals surface area contributed by atoms with Gasteiger partial charge in [-0.05, 0) is 90.3 Å². The van der Waals surface area contributed by atoms with E-state index in [2.05, 4.69) is 17.6 Å². The minimum Gasteiger partial charge on any atom is -0.494 e. The van der Waals surface area contributed by atoms with Crippen LogP contribution in [0.25, 0.3) is 0 Å². The summed E-state index contributed by atoms with van der Waals surface area (Å²) in [6, 6.07) is 23.2. The van der Waals surface area contributed by atoms with Crippen LogP contribution in [0.5, 0.6) is 17.2 Å². The van der Waals surface area contributed by atoms with Gasteiger partial charge in [0.1, 0.15) is 11.8 Å². The van der Waals surface area contributed by atoms with Gasteiger partial charge in [0.05, 0.1) is 25.7 Å².